The zero-order valence-corrected chi connectivity index (χ0v) is 17.7. The molecule has 0 saturated carbocycles. The Hall–Kier alpha value is -2.37. The highest BCUT2D eigenvalue weighted by atomic mass is 35.5. The van der Waals surface area contributed by atoms with Crippen LogP contribution in [0.5, 0.6) is 5.75 Å². The number of sulfonamides is 1. The first kappa shape index (κ1) is 22.3. The Kier molecular flexibility index (Phi) is 6.53. The Labute approximate surface area is 179 Å². The summed E-state index contributed by atoms with van der Waals surface area (Å²) in [4.78, 5) is 0. The number of nitrogens with one attached hydrogen (secondary N) is 1. The molecule has 2 aromatic carbocycles. The summed E-state index contributed by atoms with van der Waals surface area (Å²) >= 11 is 6.82. The van der Waals surface area contributed by atoms with Crippen molar-refractivity contribution in [3.8, 4) is 5.75 Å². The van der Waals surface area contributed by atoms with Crippen LogP contribution in [0.1, 0.15) is 29.2 Å². The number of rotatable bonds is 7. The van der Waals surface area contributed by atoms with Crippen molar-refractivity contribution in [1.29, 1.82) is 0 Å². The van der Waals surface area contributed by atoms with E-state index in [2.05, 4.69) is 14.9 Å². The zero-order chi connectivity index (χ0) is 21.9. The third-order valence-electron chi connectivity index (χ3n) is 3.80. The highest BCUT2D eigenvalue weighted by molar-refractivity contribution is 7.92. The fraction of sp³-hybridized carbons (Fsp3) is 0.222. The molecule has 1 N–H and O–H groups in total. The van der Waals surface area contributed by atoms with Gasteiger partial charge in [0.2, 0.25) is 15.2 Å². The van der Waals surface area contributed by atoms with Crippen molar-refractivity contribution in [2.24, 2.45) is 0 Å². The predicted octanol–water partition coefficient (Wildman–Crippen LogP) is 5.29. The lowest BCUT2D eigenvalue weighted by atomic mass is 10.1. The molecule has 0 aliphatic heterocycles. The van der Waals surface area contributed by atoms with Crippen LogP contribution in [0, 0.1) is 0 Å². The fourth-order valence-electron chi connectivity index (χ4n) is 2.39. The molecule has 0 aliphatic carbocycles. The van der Waals surface area contributed by atoms with Gasteiger partial charge in [-0.05, 0) is 48.9 Å². The van der Waals surface area contributed by atoms with E-state index >= 15 is 0 Å². The van der Waals surface area contributed by atoms with Crippen molar-refractivity contribution >= 4 is 38.1 Å². The Morgan fingerprint density at radius 1 is 1.10 bits per heavy atom. The molecule has 0 fully saturated rings. The molecule has 0 saturated heterocycles. The maximum absolute atomic E-state index is 12.6. The number of ether oxygens (including phenoxy) is 1. The summed E-state index contributed by atoms with van der Waals surface area (Å²) in [6.07, 6.45) is -4.97. The first-order valence-corrected chi connectivity index (χ1v) is 11.3. The highest BCUT2D eigenvalue weighted by Crippen LogP contribution is 2.30. The molecule has 3 aromatic rings. The highest BCUT2D eigenvalue weighted by Gasteiger charge is 2.30. The third kappa shape index (κ3) is 6.07. The molecule has 3 rings (SSSR count). The molecule has 0 aliphatic rings. The van der Waals surface area contributed by atoms with Crippen LogP contribution in [-0.4, -0.2) is 18.6 Å². The van der Waals surface area contributed by atoms with Gasteiger partial charge in [-0.15, -0.1) is 10.2 Å². The average molecular weight is 478 g/mol. The summed E-state index contributed by atoms with van der Waals surface area (Å²) in [7, 11) is -3.89. The number of alkyl halides is 3. The largest absolute Gasteiger partial charge is 0.483 e. The smallest absolute Gasteiger partial charge is 0.416 e. The van der Waals surface area contributed by atoms with Crippen LogP contribution in [0.25, 0.3) is 0 Å². The molecule has 1 atom stereocenters. The number of nitrogens with zero attached hydrogens (tertiary/aromatic N) is 2. The van der Waals surface area contributed by atoms with Gasteiger partial charge in [0, 0.05) is 5.02 Å². The van der Waals surface area contributed by atoms with Crippen molar-refractivity contribution in [1.82, 2.24) is 10.2 Å². The van der Waals surface area contributed by atoms with E-state index in [0.29, 0.717) is 15.8 Å². The minimum absolute atomic E-state index is 0.0310. The summed E-state index contributed by atoms with van der Waals surface area (Å²) in [5.74, 6) is 0.0585. The summed E-state index contributed by atoms with van der Waals surface area (Å²) in [5, 5.41) is 8.76. The second kappa shape index (κ2) is 8.78. The van der Waals surface area contributed by atoms with Gasteiger partial charge in [-0.25, -0.2) is 8.42 Å². The third-order valence-corrected chi connectivity index (χ3v) is 6.39. The molecule has 0 spiro atoms. The summed E-state index contributed by atoms with van der Waals surface area (Å²) < 4.78 is 70.4. The average Bonchev–Trinajstić information content (AvgIpc) is 3.11. The van der Waals surface area contributed by atoms with Gasteiger partial charge in [0.1, 0.15) is 11.9 Å². The maximum Gasteiger partial charge on any atom is 0.416 e. The van der Waals surface area contributed by atoms with Gasteiger partial charge in [-0.2, -0.15) is 13.2 Å². The lowest BCUT2D eigenvalue weighted by molar-refractivity contribution is -0.137. The van der Waals surface area contributed by atoms with Crippen molar-refractivity contribution in [3.63, 3.8) is 0 Å². The van der Waals surface area contributed by atoms with E-state index in [-0.39, 0.29) is 10.7 Å². The van der Waals surface area contributed by atoms with Crippen molar-refractivity contribution < 1.29 is 26.3 Å². The van der Waals surface area contributed by atoms with Gasteiger partial charge in [0.25, 0.3) is 0 Å². The zero-order valence-electron chi connectivity index (χ0n) is 15.4. The monoisotopic (exact) mass is 477 g/mol. The van der Waals surface area contributed by atoms with E-state index in [0.717, 1.165) is 35.6 Å². The fourth-order valence-corrected chi connectivity index (χ4v) is 4.65. The number of anilines is 1. The van der Waals surface area contributed by atoms with E-state index in [1.54, 1.807) is 31.2 Å². The number of halogens is 4. The summed E-state index contributed by atoms with van der Waals surface area (Å²) in [6.45, 7) is 1.73. The first-order chi connectivity index (χ1) is 14.0. The Morgan fingerprint density at radius 2 is 1.73 bits per heavy atom. The van der Waals surface area contributed by atoms with Gasteiger partial charge in [0.05, 0.1) is 11.3 Å². The molecule has 6 nitrogen and oxygen atoms in total. The first-order valence-electron chi connectivity index (χ1n) is 8.44. The van der Waals surface area contributed by atoms with Gasteiger partial charge in [-0.1, -0.05) is 35.1 Å². The van der Waals surface area contributed by atoms with Crippen molar-refractivity contribution in [2.75, 3.05) is 4.72 Å². The van der Waals surface area contributed by atoms with Crippen LogP contribution in [0.3, 0.4) is 0 Å². The molecule has 1 aromatic heterocycles. The Morgan fingerprint density at radius 3 is 2.33 bits per heavy atom. The molecule has 30 heavy (non-hydrogen) atoms. The van der Waals surface area contributed by atoms with E-state index in [1.165, 1.54) is 0 Å². The van der Waals surface area contributed by atoms with Gasteiger partial charge < -0.3 is 4.74 Å². The molecule has 1 heterocycles. The normalized spacial score (nSPS) is 13.1. The van der Waals surface area contributed by atoms with Gasteiger partial charge >= 0.3 is 6.18 Å². The topological polar surface area (TPSA) is 81.2 Å². The molecule has 1 unspecified atom stereocenters. The molecule has 0 radical (unpaired) electrons. The minimum atomic E-state index is -4.48. The maximum atomic E-state index is 12.6. The quantitative estimate of drug-likeness (QED) is 0.500. The number of aromatic nitrogens is 2. The number of hydrogen-bond acceptors (Lipinski definition) is 6. The van der Waals surface area contributed by atoms with Crippen molar-refractivity contribution in [3.05, 3.63) is 69.7 Å². The van der Waals surface area contributed by atoms with Crippen LogP contribution in [0.15, 0.2) is 48.5 Å². The van der Waals surface area contributed by atoms with E-state index < -0.39 is 33.6 Å². The molecular weight excluding hydrogens is 463 g/mol. The molecule has 160 valence electrons. The Bertz CT molecular complexity index is 1100. The lowest BCUT2D eigenvalue weighted by Crippen LogP contribution is -2.15. The molecule has 0 bridgehead atoms. The number of hydrogen-bond donors (Lipinski definition) is 1. The Balaban J connectivity index is 1.63. The van der Waals surface area contributed by atoms with E-state index in [4.69, 9.17) is 16.3 Å². The van der Waals surface area contributed by atoms with Crippen LogP contribution in [0.2, 0.25) is 5.02 Å². The second-order valence-corrected chi connectivity index (χ2v) is 9.38. The molecule has 0 amide bonds. The van der Waals surface area contributed by atoms with Crippen LogP contribution in [0.4, 0.5) is 18.3 Å². The lowest BCUT2D eigenvalue weighted by Gasteiger charge is -2.11. The SMILES string of the molecule is CC(Oc1ccc(Cl)cc1)c1nnc(NS(=O)(=O)Cc2ccc(C(F)(F)F)cc2)s1. The van der Waals surface area contributed by atoms with E-state index in [1.807, 2.05) is 0 Å². The molecular formula is C18H15ClF3N3O3S2. The van der Waals surface area contributed by atoms with Crippen LogP contribution in [-0.2, 0) is 22.0 Å². The number of benzene rings is 2. The second-order valence-electron chi connectivity index (χ2n) is 6.22. The van der Waals surface area contributed by atoms with Gasteiger partial charge in [-0.3, -0.25) is 4.72 Å². The van der Waals surface area contributed by atoms with Crippen LogP contribution < -0.4 is 9.46 Å². The standard InChI is InChI=1S/C18H15ClF3N3O3S2/c1-11(28-15-8-6-14(19)7-9-15)16-23-24-17(29-16)25-30(26,27)10-12-2-4-13(5-3-12)18(20,21)22/h2-9,11H,10H2,1H3,(H,24,25). The van der Waals surface area contributed by atoms with Gasteiger partial charge in [0.15, 0.2) is 5.01 Å². The van der Waals surface area contributed by atoms with Crippen LogP contribution >= 0.6 is 22.9 Å². The summed E-state index contributed by atoms with van der Waals surface area (Å²) in [5.41, 5.74) is -0.639. The minimum Gasteiger partial charge on any atom is -0.483 e. The molecule has 12 heteroatoms. The van der Waals surface area contributed by atoms with E-state index in [9.17, 15) is 21.6 Å². The van der Waals surface area contributed by atoms with Crippen molar-refractivity contribution in [2.45, 2.75) is 25.0 Å². The predicted molar refractivity (Wildman–Crippen MR) is 108 cm³/mol. The summed E-state index contributed by atoms with van der Waals surface area (Å²) in [6, 6.07) is 10.6.